The molecule has 0 aliphatic carbocycles. The molecule has 160 valence electrons. The van der Waals surface area contributed by atoms with Crippen molar-refractivity contribution >= 4 is 11.8 Å². The SMILES string of the molecule is Cc1ccc(-n2ncc(C(=O)NNC(=O)C3COc4ccccc4O3)c2C(C)C)cc1. The molecule has 2 aromatic carbocycles. The number of hydrogen-bond acceptors (Lipinski definition) is 5. The molecule has 4 rings (SSSR count). The van der Waals surface area contributed by atoms with Crippen LogP contribution in [0.1, 0.15) is 41.4 Å². The predicted octanol–water partition coefficient (Wildman–Crippen LogP) is 2.91. The van der Waals surface area contributed by atoms with Gasteiger partial charge >= 0.3 is 0 Å². The summed E-state index contributed by atoms with van der Waals surface area (Å²) in [5, 5.41) is 4.40. The molecule has 0 saturated heterocycles. The van der Waals surface area contributed by atoms with E-state index in [4.69, 9.17) is 9.47 Å². The second-order valence-electron chi connectivity index (χ2n) is 7.65. The van der Waals surface area contributed by atoms with Crippen LogP contribution in [0.3, 0.4) is 0 Å². The van der Waals surface area contributed by atoms with Crippen LogP contribution in [0.5, 0.6) is 11.5 Å². The Labute approximate surface area is 180 Å². The Kier molecular flexibility index (Phi) is 5.62. The zero-order chi connectivity index (χ0) is 22.0. The molecule has 0 radical (unpaired) electrons. The molecule has 3 aromatic rings. The number of nitrogens with one attached hydrogen (secondary N) is 2. The molecular weight excluding hydrogens is 396 g/mol. The van der Waals surface area contributed by atoms with E-state index >= 15 is 0 Å². The average Bonchev–Trinajstić information content (AvgIpc) is 3.23. The standard InChI is InChI=1S/C23H24N4O4/c1-14(2)21-17(12-24-27(21)16-10-8-15(3)9-11-16)22(28)25-26-23(29)20-13-30-18-6-4-5-7-19(18)31-20/h4-12,14,20H,13H2,1-3H3,(H,25,28)(H,26,29). The van der Waals surface area contributed by atoms with Crippen molar-refractivity contribution in [3.8, 4) is 17.2 Å². The zero-order valence-corrected chi connectivity index (χ0v) is 17.6. The van der Waals surface area contributed by atoms with E-state index in [1.807, 2.05) is 51.1 Å². The molecule has 8 heteroatoms. The van der Waals surface area contributed by atoms with E-state index < -0.39 is 17.9 Å². The lowest BCUT2D eigenvalue weighted by atomic mass is 10.1. The second kappa shape index (κ2) is 8.51. The summed E-state index contributed by atoms with van der Waals surface area (Å²) < 4.78 is 13.0. The smallest absolute Gasteiger partial charge is 0.283 e. The molecule has 8 nitrogen and oxygen atoms in total. The monoisotopic (exact) mass is 420 g/mol. The second-order valence-corrected chi connectivity index (χ2v) is 7.65. The van der Waals surface area contributed by atoms with E-state index in [2.05, 4.69) is 16.0 Å². The Morgan fingerprint density at radius 2 is 1.77 bits per heavy atom. The van der Waals surface area contributed by atoms with E-state index in [0.717, 1.165) is 16.9 Å². The quantitative estimate of drug-likeness (QED) is 0.633. The maximum absolute atomic E-state index is 12.8. The van der Waals surface area contributed by atoms with Gasteiger partial charge in [-0.05, 0) is 37.1 Å². The van der Waals surface area contributed by atoms with Crippen LogP contribution in [0.2, 0.25) is 0 Å². The predicted molar refractivity (Wildman–Crippen MR) is 114 cm³/mol. The number of amides is 2. The molecule has 0 spiro atoms. The largest absolute Gasteiger partial charge is 0.485 e. The van der Waals surface area contributed by atoms with Gasteiger partial charge in [-0.15, -0.1) is 0 Å². The number of rotatable bonds is 4. The van der Waals surface area contributed by atoms with Gasteiger partial charge in [-0.1, -0.05) is 43.7 Å². The summed E-state index contributed by atoms with van der Waals surface area (Å²) in [4.78, 5) is 25.3. The number of carbonyl (C=O) groups is 2. The minimum atomic E-state index is -0.866. The lowest BCUT2D eigenvalue weighted by Gasteiger charge is -2.25. The molecule has 0 bridgehead atoms. The molecule has 0 fully saturated rings. The van der Waals surface area contributed by atoms with Crippen LogP contribution in [0.15, 0.2) is 54.7 Å². The number of carbonyl (C=O) groups excluding carboxylic acids is 2. The number of benzene rings is 2. The van der Waals surface area contributed by atoms with E-state index in [9.17, 15) is 9.59 Å². The normalized spacial score (nSPS) is 14.9. The first kappa shape index (κ1) is 20.5. The van der Waals surface area contributed by atoms with Gasteiger partial charge in [0.15, 0.2) is 11.5 Å². The van der Waals surface area contributed by atoms with Crippen LogP contribution in [0, 0.1) is 6.92 Å². The number of para-hydroxylation sites is 2. The summed E-state index contributed by atoms with van der Waals surface area (Å²) in [5.41, 5.74) is 8.03. The van der Waals surface area contributed by atoms with Crippen molar-refractivity contribution in [1.82, 2.24) is 20.6 Å². The summed E-state index contributed by atoms with van der Waals surface area (Å²) in [6, 6.07) is 15.0. The molecule has 31 heavy (non-hydrogen) atoms. The Morgan fingerprint density at radius 1 is 1.06 bits per heavy atom. The molecule has 2 heterocycles. The van der Waals surface area contributed by atoms with Crippen LogP contribution in [-0.2, 0) is 4.79 Å². The highest BCUT2D eigenvalue weighted by Gasteiger charge is 2.28. The van der Waals surface area contributed by atoms with E-state index in [1.165, 1.54) is 6.20 Å². The molecule has 2 N–H and O–H groups in total. The Bertz CT molecular complexity index is 1110. The van der Waals surface area contributed by atoms with E-state index in [0.29, 0.717) is 17.1 Å². The average molecular weight is 420 g/mol. The molecule has 1 aliphatic rings. The highest BCUT2D eigenvalue weighted by molar-refractivity contribution is 5.97. The first-order chi connectivity index (χ1) is 14.9. The molecule has 1 atom stereocenters. The summed E-state index contributed by atoms with van der Waals surface area (Å²) in [7, 11) is 0. The third-order valence-electron chi connectivity index (χ3n) is 4.98. The fraction of sp³-hybridized carbons (Fsp3) is 0.261. The number of hydrazine groups is 1. The van der Waals surface area contributed by atoms with Crippen molar-refractivity contribution in [2.45, 2.75) is 32.8 Å². The van der Waals surface area contributed by atoms with Crippen molar-refractivity contribution in [3.63, 3.8) is 0 Å². The lowest BCUT2D eigenvalue weighted by molar-refractivity contribution is -0.131. The fourth-order valence-corrected chi connectivity index (χ4v) is 3.40. The van der Waals surface area contributed by atoms with Crippen LogP contribution >= 0.6 is 0 Å². The maximum Gasteiger partial charge on any atom is 0.283 e. The fourth-order valence-electron chi connectivity index (χ4n) is 3.40. The van der Waals surface area contributed by atoms with Crippen LogP contribution in [0.25, 0.3) is 5.69 Å². The van der Waals surface area contributed by atoms with Gasteiger partial charge in [-0.2, -0.15) is 5.10 Å². The van der Waals surface area contributed by atoms with Gasteiger partial charge in [0.25, 0.3) is 11.8 Å². The van der Waals surface area contributed by atoms with Crippen LogP contribution in [0.4, 0.5) is 0 Å². The van der Waals surface area contributed by atoms with Gasteiger partial charge in [-0.3, -0.25) is 20.4 Å². The molecule has 1 aromatic heterocycles. The van der Waals surface area contributed by atoms with Crippen LogP contribution in [-0.4, -0.2) is 34.3 Å². The lowest BCUT2D eigenvalue weighted by Crippen LogP contribution is -2.51. The summed E-state index contributed by atoms with van der Waals surface area (Å²) in [5.74, 6) is 0.154. The number of hydrogen-bond donors (Lipinski definition) is 2. The molecule has 1 unspecified atom stereocenters. The molecular formula is C23H24N4O4. The Balaban J connectivity index is 1.45. The van der Waals surface area contributed by atoms with Crippen molar-refractivity contribution in [3.05, 3.63) is 71.5 Å². The third-order valence-corrected chi connectivity index (χ3v) is 4.98. The number of ether oxygens (including phenoxy) is 2. The Morgan fingerprint density at radius 3 is 2.48 bits per heavy atom. The first-order valence-corrected chi connectivity index (χ1v) is 10.1. The number of aryl methyl sites for hydroxylation is 1. The van der Waals surface area contributed by atoms with E-state index in [-0.39, 0.29) is 12.5 Å². The number of fused-ring (bicyclic) bond motifs is 1. The van der Waals surface area contributed by atoms with Gasteiger partial charge in [-0.25, -0.2) is 4.68 Å². The summed E-state index contributed by atoms with van der Waals surface area (Å²) in [6.45, 7) is 6.04. The van der Waals surface area contributed by atoms with Gasteiger partial charge in [0.05, 0.1) is 23.1 Å². The van der Waals surface area contributed by atoms with Gasteiger partial charge in [0.1, 0.15) is 6.61 Å². The van der Waals surface area contributed by atoms with Crippen LogP contribution < -0.4 is 20.3 Å². The van der Waals surface area contributed by atoms with Gasteiger partial charge in [0, 0.05) is 0 Å². The minimum Gasteiger partial charge on any atom is -0.485 e. The first-order valence-electron chi connectivity index (χ1n) is 10.1. The van der Waals surface area contributed by atoms with Crippen molar-refractivity contribution in [1.29, 1.82) is 0 Å². The minimum absolute atomic E-state index is 0.0341. The van der Waals surface area contributed by atoms with E-state index in [1.54, 1.807) is 22.9 Å². The summed E-state index contributed by atoms with van der Waals surface area (Å²) in [6.07, 6.45) is 0.641. The molecule has 1 aliphatic heterocycles. The van der Waals surface area contributed by atoms with Crippen molar-refractivity contribution < 1.29 is 19.1 Å². The Hall–Kier alpha value is -3.81. The van der Waals surface area contributed by atoms with Crippen molar-refractivity contribution in [2.24, 2.45) is 0 Å². The topological polar surface area (TPSA) is 94.5 Å². The summed E-state index contributed by atoms with van der Waals surface area (Å²) >= 11 is 0. The van der Waals surface area contributed by atoms with Gasteiger partial charge < -0.3 is 9.47 Å². The van der Waals surface area contributed by atoms with Crippen molar-refractivity contribution in [2.75, 3.05) is 6.61 Å². The highest BCUT2D eigenvalue weighted by atomic mass is 16.6. The highest BCUT2D eigenvalue weighted by Crippen LogP contribution is 2.30. The number of aromatic nitrogens is 2. The molecule has 2 amide bonds. The number of nitrogens with zero attached hydrogens (tertiary/aromatic N) is 2. The molecule has 0 saturated carbocycles. The van der Waals surface area contributed by atoms with Gasteiger partial charge in [0.2, 0.25) is 6.10 Å². The third kappa shape index (κ3) is 4.23. The zero-order valence-electron chi connectivity index (χ0n) is 17.6. The maximum atomic E-state index is 12.8.